The Morgan fingerprint density at radius 2 is 1.72 bits per heavy atom. The molecular formula is C14H20N2O2. The highest BCUT2D eigenvalue weighted by molar-refractivity contribution is 5.97. The van der Waals surface area contributed by atoms with Crippen LogP contribution in [0.4, 0.5) is 0 Å². The fourth-order valence-electron chi connectivity index (χ4n) is 1.72. The lowest BCUT2D eigenvalue weighted by atomic mass is 10.1. The van der Waals surface area contributed by atoms with E-state index in [0.29, 0.717) is 12.1 Å². The van der Waals surface area contributed by atoms with Gasteiger partial charge in [0.2, 0.25) is 5.91 Å². The van der Waals surface area contributed by atoms with Gasteiger partial charge in [0.15, 0.2) is 5.78 Å². The molecule has 2 N–H and O–H groups in total. The maximum atomic E-state index is 12.0. The minimum absolute atomic E-state index is 0.0146. The van der Waals surface area contributed by atoms with Crippen LogP contribution in [0.15, 0.2) is 24.3 Å². The largest absolute Gasteiger partial charge is 0.369 e. The lowest BCUT2D eigenvalue weighted by molar-refractivity contribution is -0.118. The summed E-state index contributed by atoms with van der Waals surface area (Å²) < 4.78 is 0. The Labute approximate surface area is 108 Å². The van der Waals surface area contributed by atoms with Crippen molar-refractivity contribution in [2.45, 2.75) is 20.3 Å². The molecule has 0 saturated heterocycles. The molecule has 1 rings (SSSR count). The van der Waals surface area contributed by atoms with E-state index < -0.39 is 5.91 Å². The van der Waals surface area contributed by atoms with Gasteiger partial charge in [-0.05, 0) is 18.5 Å². The fraction of sp³-hybridized carbons (Fsp3) is 0.429. The molecule has 0 fully saturated rings. The van der Waals surface area contributed by atoms with Gasteiger partial charge in [0, 0.05) is 5.56 Å². The SMILES string of the molecule is CCc1ccc(C(=O)CN(CC)CC(N)=O)cc1. The van der Waals surface area contributed by atoms with Crippen LogP contribution >= 0.6 is 0 Å². The molecule has 0 radical (unpaired) electrons. The van der Waals surface area contributed by atoms with Crippen LogP contribution < -0.4 is 5.73 Å². The van der Waals surface area contributed by atoms with Gasteiger partial charge < -0.3 is 5.73 Å². The molecule has 0 aliphatic rings. The Morgan fingerprint density at radius 1 is 1.11 bits per heavy atom. The van der Waals surface area contributed by atoms with E-state index in [0.717, 1.165) is 6.42 Å². The third-order valence-electron chi connectivity index (χ3n) is 2.88. The van der Waals surface area contributed by atoms with Crippen LogP contribution in [-0.2, 0) is 11.2 Å². The van der Waals surface area contributed by atoms with Gasteiger partial charge in [0.1, 0.15) is 0 Å². The number of likely N-dealkylation sites (N-methyl/N-ethyl adjacent to an activating group) is 1. The number of aryl methyl sites for hydroxylation is 1. The Morgan fingerprint density at radius 3 is 2.17 bits per heavy atom. The molecule has 4 heteroatoms. The Balaban J connectivity index is 2.65. The second-order valence-corrected chi connectivity index (χ2v) is 4.24. The van der Waals surface area contributed by atoms with Crippen LogP contribution in [0.5, 0.6) is 0 Å². The average Bonchev–Trinajstić information content (AvgIpc) is 2.37. The number of rotatable bonds is 7. The monoisotopic (exact) mass is 248 g/mol. The lowest BCUT2D eigenvalue weighted by Gasteiger charge is -2.17. The number of nitrogens with two attached hydrogens (primary N) is 1. The molecule has 98 valence electrons. The van der Waals surface area contributed by atoms with E-state index in [-0.39, 0.29) is 18.9 Å². The standard InChI is InChI=1S/C14H20N2O2/c1-3-11-5-7-12(8-6-11)13(17)9-16(4-2)10-14(15)18/h5-8H,3-4,9-10H2,1-2H3,(H2,15,18). The normalized spacial score (nSPS) is 10.6. The molecule has 18 heavy (non-hydrogen) atoms. The van der Waals surface area contributed by atoms with Crippen molar-refractivity contribution >= 4 is 11.7 Å². The minimum Gasteiger partial charge on any atom is -0.369 e. The summed E-state index contributed by atoms with van der Waals surface area (Å²) in [5, 5.41) is 0. The molecule has 1 amide bonds. The van der Waals surface area contributed by atoms with Crippen molar-refractivity contribution in [1.29, 1.82) is 0 Å². The number of benzene rings is 1. The van der Waals surface area contributed by atoms with Crippen molar-refractivity contribution in [3.05, 3.63) is 35.4 Å². The van der Waals surface area contributed by atoms with Gasteiger partial charge in [-0.2, -0.15) is 0 Å². The molecule has 0 saturated carbocycles. The van der Waals surface area contributed by atoms with Crippen LogP contribution in [0.25, 0.3) is 0 Å². The zero-order chi connectivity index (χ0) is 13.5. The summed E-state index contributed by atoms with van der Waals surface area (Å²) in [5.74, 6) is -0.397. The van der Waals surface area contributed by atoms with Crippen LogP contribution in [0.1, 0.15) is 29.8 Å². The molecule has 0 spiro atoms. The van der Waals surface area contributed by atoms with Crippen molar-refractivity contribution < 1.29 is 9.59 Å². The van der Waals surface area contributed by atoms with Gasteiger partial charge in [0.25, 0.3) is 0 Å². The van der Waals surface area contributed by atoms with Gasteiger partial charge in [0.05, 0.1) is 13.1 Å². The van der Waals surface area contributed by atoms with E-state index in [1.54, 1.807) is 4.90 Å². The van der Waals surface area contributed by atoms with Crippen LogP contribution in [0.2, 0.25) is 0 Å². The summed E-state index contributed by atoms with van der Waals surface area (Å²) in [6, 6.07) is 7.58. The summed E-state index contributed by atoms with van der Waals surface area (Å²) >= 11 is 0. The van der Waals surface area contributed by atoms with E-state index in [2.05, 4.69) is 6.92 Å². The zero-order valence-corrected chi connectivity index (χ0v) is 11.0. The Bertz CT molecular complexity index is 412. The number of primary amides is 1. The summed E-state index contributed by atoms with van der Waals surface area (Å²) in [7, 11) is 0. The first-order valence-corrected chi connectivity index (χ1v) is 6.19. The highest BCUT2D eigenvalue weighted by atomic mass is 16.1. The first-order chi connectivity index (χ1) is 8.56. The number of nitrogens with zero attached hydrogens (tertiary/aromatic N) is 1. The van der Waals surface area contributed by atoms with Crippen molar-refractivity contribution in [2.75, 3.05) is 19.6 Å². The third-order valence-corrected chi connectivity index (χ3v) is 2.88. The fourth-order valence-corrected chi connectivity index (χ4v) is 1.72. The molecule has 4 nitrogen and oxygen atoms in total. The predicted octanol–water partition coefficient (Wildman–Crippen LogP) is 1.24. The van der Waals surface area contributed by atoms with Gasteiger partial charge in [-0.3, -0.25) is 14.5 Å². The highest BCUT2D eigenvalue weighted by Gasteiger charge is 2.12. The quantitative estimate of drug-likeness (QED) is 0.738. The van der Waals surface area contributed by atoms with Gasteiger partial charge >= 0.3 is 0 Å². The molecule has 1 aromatic carbocycles. The predicted molar refractivity (Wildman–Crippen MR) is 71.5 cm³/mol. The first-order valence-electron chi connectivity index (χ1n) is 6.19. The van der Waals surface area contributed by atoms with Crippen LogP contribution in [0.3, 0.4) is 0 Å². The van der Waals surface area contributed by atoms with E-state index in [9.17, 15) is 9.59 Å². The second-order valence-electron chi connectivity index (χ2n) is 4.24. The van der Waals surface area contributed by atoms with Gasteiger partial charge in [-0.15, -0.1) is 0 Å². The van der Waals surface area contributed by atoms with Crippen LogP contribution in [0, 0.1) is 0 Å². The van der Waals surface area contributed by atoms with E-state index in [1.807, 2.05) is 31.2 Å². The van der Waals surface area contributed by atoms with Crippen molar-refractivity contribution in [3.63, 3.8) is 0 Å². The van der Waals surface area contributed by atoms with Crippen molar-refractivity contribution in [3.8, 4) is 0 Å². The Kier molecular flexibility index (Phi) is 5.52. The van der Waals surface area contributed by atoms with Crippen LogP contribution in [-0.4, -0.2) is 36.2 Å². The average molecular weight is 248 g/mol. The number of carbonyl (C=O) groups excluding carboxylic acids is 2. The second kappa shape index (κ2) is 6.91. The van der Waals surface area contributed by atoms with E-state index >= 15 is 0 Å². The number of Topliss-reactive ketones (excluding diaryl/α,β-unsaturated/α-hetero) is 1. The molecule has 0 bridgehead atoms. The zero-order valence-electron chi connectivity index (χ0n) is 11.0. The molecule has 0 aliphatic heterocycles. The minimum atomic E-state index is -0.411. The highest BCUT2D eigenvalue weighted by Crippen LogP contribution is 2.06. The topological polar surface area (TPSA) is 63.4 Å². The number of amides is 1. The molecule has 0 aromatic heterocycles. The van der Waals surface area contributed by atoms with Crippen molar-refractivity contribution in [2.24, 2.45) is 5.73 Å². The molecule has 1 aromatic rings. The molecule has 0 heterocycles. The maximum Gasteiger partial charge on any atom is 0.231 e. The first kappa shape index (κ1) is 14.4. The summed E-state index contributed by atoms with van der Waals surface area (Å²) in [6.45, 7) is 4.95. The molecule has 0 atom stereocenters. The van der Waals surface area contributed by atoms with Gasteiger partial charge in [-0.25, -0.2) is 0 Å². The number of ketones is 1. The number of hydrogen-bond acceptors (Lipinski definition) is 3. The summed E-state index contributed by atoms with van der Waals surface area (Å²) in [5.41, 5.74) is 7.01. The van der Waals surface area contributed by atoms with E-state index in [1.165, 1.54) is 5.56 Å². The third kappa shape index (κ3) is 4.30. The van der Waals surface area contributed by atoms with Crippen molar-refractivity contribution in [1.82, 2.24) is 4.90 Å². The van der Waals surface area contributed by atoms with E-state index in [4.69, 9.17) is 5.73 Å². The number of hydrogen-bond donors (Lipinski definition) is 1. The van der Waals surface area contributed by atoms with Gasteiger partial charge in [-0.1, -0.05) is 38.1 Å². The smallest absolute Gasteiger partial charge is 0.231 e. The maximum absolute atomic E-state index is 12.0. The molecule has 0 aliphatic carbocycles. The Hall–Kier alpha value is -1.68. The molecular weight excluding hydrogens is 228 g/mol. The lowest BCUT2D eigenvalue weighted by Crippen LogP contribution is -2.37. The molecule has 0 unspecified atom stereocenters. The number of carbonyl (C=O) groups is 2. The summed E-state index contributed by atoms with van der Waals surface area (Å²) in [4.78, 5) is 24.6. The summed E-state index contributed by atoms with van der Waals surface area (Å²) in [6.07, 6.45) is 0.956.